The summed E-state index contributed by atoms with van der Waals surface area (Å²) in [5.41, 5.74) is 2.16. The summed E-state index contributed by atoms with van der Waals surface area (Å²) in [7, 11) is 0. The van der Waals surface area contributed by atoms with E-state index in [0.717, 1.165) is 16.7 Å². The zero-order valence-electron chi connectivity index (χ0n) is 16.4. The van der Waals surface area contributed by atoms with E-state index >= 15 is 0 Å². The average Bonchev–Trinajstić information content (AvgIpc) is 3.54. The number of rotatable bonds is 6. The standard InChI is InChI=1S/C23H18F2N4OS/c24-20-2-1-3-21(25)19(20)12-23(14-29-10-9-26-28-29)15-30-22(27-23)17-6-4-16(5-7-17)18-8-11-31-13-18/h1-11,13H,12,14-15H2. The maximum absolute atomic E-state index is 14.4. The van der Waals surface area contributed by atoms with E-state index in [4.69, 9.17) is 9.73 Å². The van der Waals surface area contributed by atoms with Crippen molar-refractivity contribution in [2.24, 2.45) is 4.99 Å². The molecule has 0 saturated heterocycles. The second-order valence-electron chi connectivity index (χ2n) is 7.50. The SMILES string of the molecule is Fc1cccc(F)c1CC1(Cn2ccnn2)COC(c2ccc(-c3ccsc3)cc2)=N1. The van der Waals surface area contributed by atoms with Gasteiger partial charge in [0, 0.05) is 23.7 Å². The van der Waals surface area contributed by atoms with Crippen molar-refractivity contribution in [3.63, 3.8) is 0 Å². The predicted octanol–water partition coefficient (Wildman–Crippen LogP) is 4.74. The zero-order valence-corrected chi connectivity index (χ0v) is 17.2. The number of aliphatic imine (C=N–C) groups is 1. The minimum atomic E-state index is -0.905. The molecule has 1 unspecified atom stereocenters. The van der Waals surface area contributed by atoms with Gasteiger partial charge in [0.05, 0.1) is 12.7 Å². The number of thiophene rings is 1. The molecule has 3 heterocycles. The molecular formula is C23H18F2N4OS. The summed E-state index contributed by atoms with van der Waals surface area (Å²) in [6.07, 6.45) is 3.30. The Hall–Kier alpha value is -3.39. The van der Waals surface area contributed by atoms with Crippen LogP contribution in [-0.2, 0) is 17.7 Å². The highest BCUT2D eigenvalue weighted by atomic mass is 32.1. The molecule has 0 saturated carbocycles. The molecule has 0 aliphatic carbocycles. The van der Waals surface area contributed by atoms with Gasteiger partial charge in [0.2, 0.25) is 5.90 Å². The molecule has 8 heteroatoms. The third kappa shape index (κ3) is 3.98. The number of aromatic nitrogens is 3. The average molecular weight is 436 g/mol. The van der Waals surface area contributed by atoms with Crippen LogP contribution in [0.5, 0.6) is 0 Å². The van der Waals surface area contributed by atoms with Crippen LogP contribution in [0, 0.1) is 11.6 Å². The molecule has 0 spiro atoms. The first kappa shape index (κ1) is 19.6. The molecule has 1 atom stereocenters. The molecule has 5 rings (SSSR count). The minimum Gasteiger partial charge on any atom is -0.475 e. The van der Waals surface area contributed by atoms with Gasteiger partial charge in [0.25, 0.3) is 0 Å². The van der Waals surface area contributed by atoms with Gasteiger partial charge in [0.1, 0.15) is 23.8 Å². The van der Waals surface area contributed by atoms with Gasteiger partial charge in [-0.25, -0.2) is 18.5 Å². The molecule has 2 aromatic carbocycles. The van der Waals surface area contributed by atoms with Gasteiger partial charge in [-0.05, 0) is 52.2 Å². The maximum atomic E-state index is 14.4. The van der Waals surface area contributed by atoms with Crippen LogP contribution in [-0.4, -0.2) is 33.0 Å². The summed E-state index contributed by atoms with van der Waals surface area (Å²) >= 11 is 1.65. The van der Waals surface area contributed by atoms with E-state index < -0.39 is 17.2 Å². The first-order valence-corrected chi connectivity index (χ1v) is 10.7. The molecule has 4 aromatic rings. The lowest BCUT2D eigenvalue weighted by Crippen LogP contribution is -2.37. The molecule has 5 nitrogen and oxygen atoms in total. The van der Waals surface area contributed by atoms with E-state index in [2.05, 4.69) is 21.8 Å². The van der Waals surface area contributed by atoms with Gasteiger partial charge in [-0.3, -0.25) is 0 Å². The van der Waals surface area contributed by atoms with Gasteiger partial charge in [0.15, 0.2) is 0 Å². The van der Waals surface area contributed by atoms with E-state index in [9.17, 15) is 8.78 Å². The van der Waals surface area contributed by atoms with E-state index in [0.29, 0.717) is 5.90 Å². The van der Waals surface area contributed by atoms with Crippen molar-refractivity contribution in [3.05, 3.63) is 94.4 Å². The van der Waals surface area contributed by atoms with Crippen molar-refractivity contribution in [2.75, 3.05) is 6.61 Å². The van der Waals surface area contributed by atoms with Crippen LogP contribution in [0.4, 0.5) is 8.78 Å². The van der Waals surface area contributed by atoms with Crippen molar-refractivity contribution in [3.8, 4) is 11.1 Å². The quantitative estimate of drug-likeness (QED) is 0.439. The summed E-state index contributed by atoms with van der Waals surface area (Å²) in [5, 5.41) is 12.0. The molecule has 156 valence electrons. The first-order chi connectivity index (χ1) is 15.1. The molecule has 1 aliphatic heterocycles. The largest absolute Gasteiger partial charge is 0.475 e. The smallest absolute Gasteiger partial charge is 0.216 e. The predicted molar refractivity (Wildman–Crippen MR) is 115 cm³/mol. The Morgan fingerprint density at radius 3 is 2.45 bits per heavy atom. The molecule has 0 radical (unpaired) electrons. The number of nitrogens with zero attached hydrogens (tertiary/aromatic N) is 4. The third-order valence-electron chi connectivity index (χ3n) is 5.30. The normalized spacial score (nSPS) is 18.1. The topological polar surface area (TPSA) is 52.3 Å². The lowest BCUT2D eigenvalue weighted by atomic mass is 9.91. The fourth-order valence-electron chi connectivity index (χ4n) is 3.74. The number of hydrogen-bond donors (Lipinski definition) is 0. The monoisotopic (exact) mass is 436 g/mol. The van der Waals surface area contributed by atoms with Crippen molar-refractivity contribution in [1.29, 1.82) is 0 Å². The Labute approximate surface area is 181 Å². The van der Waals surface area contributed by atoms with E-state index in [1.54, 1.807) is 28.4 Å². The van der Waals surface area contributed by atoms with Crippen LogP contribution in [0.2, 0.25) is 0 Å². The summed E-state index contributed by atoms with van der Waals surface area (Å²) in [5.74, 6) is -0.739. The Morgan fingerprint density at radius 1 is 1.00 bits per heavy atom. The lowest BCUT2D eigenvalue weighted by Gasteiger charge is -2.24. The first-order valence-electron chi connectivity index (χ1n) is 9.75. The Bertz CT molecular complexity index is 1190. The van der Waals surface area contributed by atoms with Crippen LogP contribution < -0.4 is 0 Å². The Balaban J connectivity index is 1.48. The molecular weight excluding hydrogens is 418 g/mol. The van der Waals surface area contributed by atoms with Gasteiger partial charge >= 0.3 is 0 Å². The van der Waals surface area contributed by atoms with Crippen LogP contribution in [0.25, 0.3) is 11.1 Å². The Morgan fingerprint density at radius 2 is 1.77 bits per heavy atom. The van der Waals surface area contributed by atoms with Crippen LogP contribution in [0.15, 0.2) is 76.7 Å². The van der Waals surface area contributed by atoms with Crippen LogP contribution in [0.1, 0.15) is 11.1 Å². The molecule has 0 bridgehead atoms. The summed E-state index contributed by atoms with van der Waals surface area (Å²) in [4.78, 5) is 4.81. The number of benzene rings is 2. The Kier molecular flexibility index (Phi) is 5.07. The highest BCUT2D eigenvalue weighted by Gasteiger charge is 2.39. The third-order valence-corrected chi connectivity index (χ3v) is 5.98. The van der Waals surface area contributed by atoms with Crippen LogP contribution >= 0.6 is 11.3 Å². The van der Waals surface area contributed by atoms with E-state index in [1.165, 1.54) is 18.2 Å². The van der Waals surface area contributed by atoms with Crippen molar-refractivity contribution in [1.82, 2.24) is 15.0 Å². The summed E-state index contributed by atoms with van der Waals surface area (Å²) in [6, 6.07) is 13.8. The highest BCUT2D eigenvalue weighted by molar-refractivity contribution is 7.08. The minimum absolute atomic E-state index is 0.0102. The maximum Gasteiger partial charge on any atom is 0.216 e. The van der Waals surface area contributed by atoms with Gasteiger partial charge in [-0.15, -0.1) is 5.10 Å². The molecule has 0 fully saturated rings. The molecule has 31 heavy (non-hydrogen) atoms. The lowest BCUT2D eigenvalue weighted by molar-refractivity contribution is 0.224. The number of ether oxygens (including phenoxy) is 1. The molecule has 1 aliphatic rings. The van der Waals surface area contributed by atoms with E-state index in [1.807, 2.05) is 29.6 Å². The molecule has 0 N–H and O–H groups in total. The van der Waals surface area contributed by atoms with Crippen LogP contribution in [0.3, 0.4) is 0 Å². The van der Waals surface area contributed by atoms with Crippen molar-refractivity contribution < 1.29 is 13.5 Å². The second-order valence-corrected chi connectivity index (χ2v) is 8.28. The van der Waals surface area contributed by atoms with E-state index in [-0.39, 0.29) is 25.1 Å². The molecule has 0 amide bonds. The van der Waals surface area contributed by atoms with Gasteiger partial charge < -0.3 is 4.74 Å². The van der Waals surface area contributed by atoms with Gasteiger partial charge in [-0.2, -0.15) is 11.3 Å². The second kappa shape index (κ2) is 8.03. The number of halogens is 2. The summed E-state index contributed by atoms with van der Waals surface area (Å²) in [6.45, 7) is 0.472. The highest BCUT2D eigenvalue weighted by Crippen LogP contribution is 2.31. The van der Waals surface area contributed by atoms with Gasteiger partial charge in [-0.1, -0.05) is 23.4 Å². The summed E-state index contributed by atoms with van der Waals surface area (Å²) < 4.78 is 36.3. The van der Waals surface area contributed by atoms with Crippen molar-refractivity contribution >= 4 is 17.2 Å². The zero-order chi connectivity index (χ0) is 21.3. The fraction of sp³-hybridized carbons (Fsp3) is 0.174. The fourth-order valence-corrected chi connectivity index (χ4v) is 4.41. The van der Waals surface area contributed by atoms with Crippen molar-refractivity contribution in [2.45, 2.75) is 18.5 Å². The molecule has 2 aromatic heterocycles. The number of hydrogen-bond acceptors (Lipinski definition) is 5.